The van der Waals surface area contributed by atoms with Gasteiger partial charge in [-0.3, -0.25) is 14.4 Å². The number of amides is 2. The van der Waals surface area contributed by atoms with Crippen molar-refractivity contribution < 1.29 is 14.4 Å². The number of hydrogen-bond acceptors (Lipinski definition) is 4. The predicted molar refractivity (Wildman–Crippen MR) is 58.2 cm³/mol. The molecule has 6 nitrogen and oxygen atoms in total. The first-order valence-corrected chi connectivity index (χ1v) is 5.61. The van der Waals surface area contributed by atoms with Gasteiger partial charge in [0, 0.05) is 12.5 Å². The van der Waals surface area contributed by atoms with Gasteiger partial charge in [-0.25, -0.2) is 5.48 Å². The van der Waals surface area contributed by atoms with Crippen LogP contribution in [0.25, 0.3) is 0 Å². The molecule has 0 saturated carbocycles. The first-order valence-electron chi connectivity index (χ1n) is 5.61. The maximum Gasteiger partial charge on any atom is 0.246 e. The molecule has 1 heterocycles. The van der Waals surface area contributed by atoms with Gasteiger partial charge < -0.3 is 11.1 Å². The molecule has 1 unspecified atom stereocenters. The zero-order chi connectivity index (χ0) is 11.8. The molecule has 1 aliphatic rings. The Morgan fingerprint density at radius 3 is 2.88 bits per heavy atom. The van der Waals surface area contributed by atoms with Crippen LogP contribution >= 0.6 is 0 Å². The summed E-state index contributed by atoms with van der Waals surface area (Å²) in [4.78, 5) is 26.2. The van der Waals surface area contributed by atoms with E-state index in [9.17, 15) is 9.59 Å². The van der Waals surface area contributed by atoms with E-state index in [1.54, 1.807) is 0 Å². The SMILES string of the molecule is NC(=O)CONC(=O)CCC1CCCCN1. The number of primary amides is 1. The highest BCUT2D eigenvalue weighted by Crippen LogP contribution is 2.11. The van der Waals surface area contributed by atoms with Crippen LogP contribution in [0.2, 0.25) is 0 Å². The first kappa shape index (κ1) is 12.9. The van der Waals surface area contributed by atoms with Gasteiger partial charge in [-0.1, -0.05) is 6.42 Å². The minimum Gasteiger partial charge on any atom is -0.368 e. The lowest BCUT2D eigenvalue weighted by molar-refractivity contribution is -0.138. The molecule has 0 bridgehead atoms. The fourth-order valence-corrected chi connectivity index (χ4v) is 1.71. The van der Waals surface area contributed by atoms with E-state index in [2.05, 4.69) is 15.6 Å². The van der Waals surface area contributed by atoms with E-state index in [4.69, 9.17) is 5.73 Å². The van der Waals surface area contributed by atoms with Gasteiger partial charge >= 0.3 is 0 Å². The number of hydroxylamine groups is 1. The van der Waals surface area contributed by atoms with Crippen LogP contribution < -0.4 is 16.5 Å². The number of nitrogens with one attached hydrogen (secondary N) is 2. The van der Waals surface area contributed by atoms with E-state index < -0.39 is 5.91 Å². The molecule has 0 aromatic rings. The quantitative estimate of drug-likeness (QED) is 0.532. The van der Waals surface area contributed by atoms with E-state index in [1.165, 1.54) is 12.8 Å². The largest absolute Gasteiger partial charge is 0.368 e. The Morgan fingerprint density at radius 2 is 2.25 bits per heavy atom. The molecule has 1 fully saturated rings. The Balaban J connectivity index is 2.02. The Labute approximate surface area is 94.8 Å². The highest BCUT2D eigenvalue weighted by Gasteiger charge is 2.13. The van der Waals surface area contributed by atoms with Gasteiger partial charge in [0.15, 0.2) is 6.61 Å². The summed E-state index contributed by atoms with van der Waals surface area (Å²) < 4.78 is 0. The van der Waals surface area contributed by atoms with Crippen LogP contribution in [-0.4, -0.2) is 31.0 Å². The van der Waals surface area contributed by atoms with Crippen LogP contribution in [-0.2, 0) is 14.4 Å². The van der Waals surface area contributed by atoms with Crippen molar-refractivity contribution in [1.29, 1.82) is 0 Å². The maximum absolute atomic E-state index is 11.3. The lowest BCUT2D eigenvalue weighted by Crippen LogP contribution is -2.35. The van der Waals surface area contributed by atoms with Crippen molar-refractivity contribution in [2.75, 3.05) is 13.2 Å². The molecule has 1 rings (SSSR count). The van der Waals surface area contributed by atoms with Crippen LogP contribution in [0.4, 0.5) is 0 Å². The molecule has 0 radical (unpaired) electrons. The van der Waals surface area contributed by atoms with E-state index in [0.29, 0.717) is 12.5 Å². The first-order chi connectivity index (χ1) is 7.68. The molecule has 0 aliphatic carbocycles. The molecule has 1 aliphatic heterocycles. The molecule has 92 valence electrons. The van der Waals surface area contributed by atoms with Gasteiger partial charge in [-0.15, -0.1) is 0 Å². The van der Waals surface area contributed by atoms with Gasteiger partial charge in [0.2, 0.25) is 11.8 Å². The third kappa shape index (κ3) is 5.67. The summed E-state index contributed by atoms with van der Waals surface area (Å²) >= 11 is 0. The molecule has 1 atom stereocenters. The summed E-state index contributed by atoms with van der Waals surface area (Å²) in [6, 6.07) is 0.427. The number of rotatable bonds is 6. The van der Waals surface area contributed by atoms with Gasteiger partial charge in [0.05, 0.1) is 0 Å². The topological polar surface area (TPSA) is 93.5 Å². The third-order valence-electron chi connectivity index (χ3n) is 2.53. The number of carbonyl (C=O) groups excluding carboxylic acids is 2. The summed E-state index contributed by atoms with van der Waals surface area (Å²) in [6.07, 6.45) is 4.75. The van der Waals surface area contributed by atoms with Gasteiger partial charge in [-0.05, 0) is 25.8 Å². The Bertz CT molecular complexity index is 239. The standard InChI is InChI=1S/C10H19N3O3/c11-9(14)7-16-13-10(15)5-4-8-3-1-2-6-12-8/h8,12H,1-7H2,(H2,11,14)(H,13,15). The molecule has 0 aromatic heterocycles. The Kier molecular flexibility index (Phi) is 5.81. The fraction of sp³-hybridized carbons (Fsp3) is 0.800. The summed E-state index contributed by atoms with van der Waals surface area (Å²) in [6.45, 7) is 0.748. The molecule has 0 spiro atoms. The van der Waals surface area contributed by atoms with Crippen molar-refractivity contribution in [1.82, 2.24) is 10.8 Å². The second-order valence-corrected chi connectivity index (χ2v) is 3.97. The Hall–Kier alpha value is -1.14. The van der Waals surface area contributed by atoms with Crippen LogP contribution in [0.3, 0.4) is 0 Å². The average Bonchev–Trinajstić information content (AvgIpc) is 2.27. The van der Waals surface area contributed by atoms with Crippen molar-refractivity contribution in [2.45, 2.75) is 38.1 Å². The molecular weight excluding hydrogens is 210 g/mol. The molecule has 4 N–H and O–H groups in total. The molecule has 16 heavy (non-hydrogen) atoms. The molecule has 0 aromatic carbocycles. The van der Waals surface area contributed by atoms with Crippen LogP contribution in [0.1, 0.15) is 32.1 Å². The number of carbonyl (C=O) groups is 2. The highest BCUT2D eigenvalue weighted by atomic mass is 16.7. The highest BCUT2D eigenvalue weighted by molar-refractivity contribution is 5.76. The minimum absolute atomic E-state index is 0.214. The van der Waals surface area contributed by atoms with Crippen LogP contribution in [0.15, 0.2) is 0 Å². The maximum atomic E-state index is 11.3. The minimum atomic E-state index is -0.603. The third-order valence-corrected chi connectivity index (χ3v) is 2.53. The fourth-order valence-electron chi connectivity index (χ4n) is 1.71. The second-order valence-electron chi connectivity index (χ2n) is 3.97. The second kappa shape index (κ2) is 7.19. The van der Waals surface area contributed by atoms with Crippen molar-refractivity contribution >= 4 is 11.8 Å². The van der Waals surface area contributed by atoms with Crippen molar-refractivity contribution in [3.8, 4) is 0 Å². The van der Waals surface area contributed by atoms with Crippen molar-refractivity contribution in [3.63, 3.8) is 0 Å². The monoisotopic (exact) mass is 229 g/mol. The summed E-state index contributed by atoms with van der Waals surface area (Å²) in [5.74, 6) is -0.817. The summed E-state index contributed by atoms with van der Waals surface area (Å²) in [7, 11) is 0. The van der Waals surface area contributed by atoms with Crippen molar-refractivity contribution in [3.05, 3.63) is 0 Å². The predicted octanol–water partition coefficient (Wildman–Crippen LogP) is -0.558. The number of hydrogen-bond donors (Lipinski definition) is 3. The average molecular weight is 229 g/mol. The zero-order valence-corrected chi connectivity index (χ0v) is 9.33. The van der Waals surface area contributed by atoms with Crippen LogP contribution in [0, 0.1) is 0 Å². The van der Waals surface area contributed by atoms with Crippen LogP contribution in [0.5, 0.6) is 0 Å². The summed E-state index contributed by atoms with van der Waals surface area (Å²) in [5, 5.41) is 3.35. The van der Waals surface area contributed by atoms with E-state index in [1.807, 2.05) is 0 Å². The smallest absolute Gasteiger partial charge is 0.246 e. The molecule has 1 saturated heterocycles. The van der Waals surface area contributed by atoms with Crippen molar-refractivity contribution in [2.24, 2.45) is 5.73 Å². The lowest BCUT2D eigenvalue weighted by atomic mass is 10.0. The van der Waals surface area contributed by atoms with Gasteiger partial charge in [0.25, 0.3) is 0 Å². The molecular formula is C10H19N3O3. The molecule has 2 amide bonds. The van der Waals surface area contributed by atoms with E-state index >= 15 is 0 Å². The Morgan fingerprint density at radius 1 is 1.44 bits per heavy atom. The van der Waals surface area contributed by atoms with E-state index in [-0.39, 0.29) is 12.5 Å². The van der Waals surface area contributed by atoms with Gasteiger partial charge in [0.1, 0.15) is 0 Å². The lowest BCUT2D eigenvalue weighted by Gasteiger charge is -2.22. The zero-order valence-electron chi connectivity index (χ0n) is 9.33. The van der Waals surface area contributed by atoms with E-state index in [0.717, 1.165) is 19.4 Å². The normalized spacial score (nSPS) is 20.4. The number of piperidine rings is 1. The molecule has 6 heteroatoms. The van der Waals surface area contributed by atoms with Gasteiger partial charge in [-0.2, -0.15) is 0 Å². The summed E-state index contributed by atoms with van der Waals surface area (Å²) in [5.41, 5.74) is 7.03. The number of nitrogens with two attached hydrogens (primary N) is 1.